The van der Waals surface area contributed by atoms with Crippen LogP contribution in [-0.4, -0.2) is 28.6 Å². The zero-order valence-electron chi connectivity index (χ0n) is 12.3. The molecular weight excluding hydrogens is 283 g/mol. The van der Waals surface area contributed by atoms with Crippen molar-refractivity contribution in [3.63, 3.8) is 0 Å². The van der Waals surface area contributed by atoms with Gasteiger partial charge in [-0.2, -0.15) is 0 Å². The van der Waals surface area contributed by atoms with E-state index in [0.717, 1.165) is 25.7 Å². The van der Waals surface area contributed by atoms with Crippen molar-refractivity contribution in [1.29, 1.82) is 0 Å². The molecule has 1 amide bonds. The van der Waals surface area contributed by atoms with Crippen molar-refractivity contribution in [3.05, 3.63) is 41.8 Å². The van der Waals surface area contributed by atoms with Crippen LogP contribution < -0.4 is 5.32 Å². The van der Waals surface area contributed by atoms with Crippen molar-refractivity contribution in [2.75, 3.05) is 6.61 Å². The molecule has 3 rings (SSSR count). The molecule has 1 aromatic carbocycles. The minimum Gasteiger partial charge on any atom is -0.396 e. The number of amides is 1. The highest BCUT2D eigenvalue weighted by Gasteiger charge is 2.23. The van der Waals surface area contributed by atoms with Gasteiger partial charge in [0.05, 0.1) is 11.1 Å². The fourth-order valence-electron chi connectivity index (χ4n) is 3.08. The fourth-order valence-corrected chi connectivity index (χ4v) is 3.08. The summed E-state index contributed by atoms with van der Waals surface area (Å²) in [5, 5.41) is 12.7. The first-order valence-corrected chi connectivity index (χ1v) is 7.63. The molecule has 0 aliphatic heterocycles. The van der Waals surface area contributed by atoms with E-state index in [9.17, 15) is 9.18 Å². The average Bonchev–Trinajstić information content (AvgIpc) is 2.54. The summed E-state index contributed by atoms with van der Waals surface area (Å²) in [6, 6.07) is 6.17. The van der Waals surface area contributed by atoms with E-state index in [2.05, 4.69) is 10.3 Å². The average molecular weight is 302 g/mol. The predicted octanol–water partition coefficient (Wildman–Crippen LogP) is 2.65. The van der Waals surface area contributed by atoms with E-state index in [1.807, 2.05) is 0 Å². The normalized spacial score (nSPS) is 21.7. The summed E-state index contributed by atoms with van der Waals surface area (Å²) in [5.74, 6) is -0.380. The highest BCUT2D eigenvalue weighted by Crippen LogP contribution is 2.24. The largest absolute Gasteiger partial charge is 0.396 e. The number of carbonyl (C=O) groups is 1. The highest BCUT2D eigenvalue weighted by molar-refractivity contribution is 6.05. The van der Waals surface area contributed by atoms with Gasteiger partial charge in [0.25, 0.3) is 5.91 Å². The Balaban J connectivity index is 1.78. The monoisotopic (exact) mass is 302 g/mol. The molecule has 1 saturated carbocycles. The Morgan fingerprint density at radius 3 is 2.82 bits per heavy atom. The minimum atomic E-state index is -0.436. The number of fused-ring (bicyclic) bond motifs is 1. The van der Waals surface area contributed by atoms with Crippen LogP contribution in [0.4, 0.5) is 4.39 Å². The summed E-state index contributed by atoms with van der Waals surface area (Å²) >= 11 is 0. The van der Waals surface area contributed by atoms with Gasteiger partial charge in [-0.25, -0.2) is 4.39 Å². The van der Waals surface area contributed by atoms with Crippen molar-refractivity contribution < 1.29 is 14.3 Å². The van der Waals surface area contributed by atoms with Crippen LogP contribution in [0.15, 0.2) is 30.5 Å². The van der Waals surface area contributed by atoms with Crippen molar-refractivity contribution >= 4 is 16.8 Å². The molecule has 116 valence electrons. The number of halogens is 1. The van der Waals surface area contributed by atoms with Crippen LogP contribution in [0, 0.1) is 11.7 Å². The first-order chi connectivity index (χ1) is 10.7. The summed E-state index contributed by atoms with van der Waals surface area (Å²) in [5.41, 5.74) is 0.797. The molecule has 0 saturated heterocycles. The highest BCUT2D eigenvalue weighted by atomic mass is 19.1. The van der Waals surface area contributed by atoms with Gasteiger partial charge in [-0.3, -0.25) is 9.78 Å². The Labute approximate surface area is 128 Å². The van der Waals surface area contributed by atoms with Crippen LogP contribution in [-0.2, 0) is 0 Å². The number of benzene rings is 1. The SMILES string of the molecule is O=C(NC1CCC(CO)CC1)c1cc(F)cc2cccnc12. The number of hydrogen-bond acceptors (Lipinski definition) is 3. The van der Waals surface area contributed by atoms with Gasteiger partial charge in [-0.15, -0.1) is 0 Å². The van der Waals surface area contributed by atoms with E-state index >= 15 is 0 Å². The molecule has 0 unspecified atom stereocenters. The van der Waals surface area contributed by atoms with E-state index in [1.54, 1.807) is 18.3 Å². The maximum atomic E-state index is 13.7. The molecule has 1 fully saturated rings. The van der Waals surface area contributed by atoms with Crippen LogP contribution in [0.25, 0.3) is 10.9 Å². The summed E-state index contributed by atoms with van der Waals surface area (Å²) in [4.78, 5) is 16.7. The molecule has 1 aromatic heterocycles. The third-order valence-electron chi connectivity index (χ3n) is 4.35. The molecule has 0 bridgehead atoms. The Hall–Kier alpha value is -2.01. The lowest BCUT2D eigenvalue weighted by molar-refractivity contribution is 0.0915. The maximum Gasteiger partial charge on any atom is 0.253 e. The summed E-state index contributed by atoms with van der Waals surface area (Å²) in [7, 11) is 0. The second-order valence-corrected chi connectivity index (χ2v) is 5.90. The van der Waals surface area contributed by atoms with E-state index < -0.39 is 5.82 Å². The second kappa shape index (κ2) is 6.40. The fraction of sp³-hybridized carbons (Fsp3) is 0.412. The quantitative estimate of drug-likeness (QED) is 0.916. The van der Waals surface area contributed by atoms with Gasteiger partial charge < -0.3 is 10.4 Å². The van der Waals surface area contributed by atoms with Gasteiger partial charge in [0.15, 0.2) is 0 Å². The zero-order chi connectivity index (χ0) is 15.5. The molecule has 0 atom stereocenters. The maximum absolute atomic E-state index is 13.7. The van der Waals surface area contributed by atoms with Gasteiger partial charge in [-0.05, 0) is 49.8 Å². The van der Waals surface area contributed by atoms with Crippen LogP contribution >= 0.6 is 0 Å². The minimum absolute atomic E-state index is 0.0809. The zero-order valence-corrected chi connectivity index (χ0v) is 12.3. The number of pyridine rings is 1. The lowest BCUT2D eigenvalue weighted by atomic mass is 9.86. The third kappa shape index (κ3) is 3.09. The summed E-state index contributed by atoms with van der Waals surface area (Å²) in [6.45, 7) is 0.207. The van der Waals surface area contributed by atoms with E-state index in [4.69, 9.17) is 5.11 Å². The Morgan fingerprint density at radius 1 is 1.32 bits per heavy atom. The summed E-state index contributed by atoms with van der Waals surface area (Å²) in [6.07, 6.45) is 5.10. The molecule has 22 heavy (non-hydrogen) atoms. The molecule has 1 aliphatic rings. The first-order valence-electron chi connectivity index (χ1n) is 7.63. The van der Waals surface area contributed by atoms with Crippen LogP contribution in [0.5, 0.6) is 0 Å². The number of aliphatic hydroxyl groups excluding tert-OH is 1. The van der Waals surface area contributed by atoms with Gasteiger partial charge in [0, 0.05) is 24.2 Å². The number of nitrogens with zero attached hydrogens (tertiary/aromatic N) is 1. The van der Waals surface area contributed by atoms with Gasteiger partial charge in [0.1, 0.15) is 5.82 Å². The number of rotatable bonds is 3. The topological polar surface area (TPSA) is 62.2 Å². The number of nitrogens with one attached hydrogen (secondary N) is 1. The molecule has 4 nitrogen and oxygen atoms in total. The van der Waals surface area contributed by atoms with Crippen molar-refractivity contribution in [1.82, 2.24) is 10.3 Å². The van der Waals surface area contributed by atoms with Crippen molar-refractivity contribution in [2.45, 2.75) is 31.7 Å². The van der Waals surface area contributed by atoms with Crippen molar-refractivity contribution in [3.8, 4) is 0 Å². The molecular formula is C17H19FN2O2. The van der Waals surface area contributed by atoms with Crippen LogP contribution in [0.1, 0.15) is 36.0 Å². The standard InChI is InChI=1S/C17H19FN2O2/c18-13-8-12-2-1-7-19-16(12)15(9-13)17(22)20-14-5-3-11(10-21)4-6-14/h1-2,7-9,11,14,21H,3-6,10H2,(H,20,22). The van der Waals surface area contributed by atoms with E-state index in [-0.39, 0.29) is 24.1 Å². The number of hydrogen-bond donors (Lipinski definition) is 2. The number of aromatic nitrogens is 1. The molecule has 5 heteroatoms. The van der Waals surface area contributed by atoms with Crippen LogP contribution in [0.2, 0.25) is 0 Å². The Kier molecular flexibility index (Phi) is 4.34. The Bertz CT molecular complexity index is 681. The molecule has 2 N–H and O–H groups in total. The third-order valence-corrected chi connectivity index (χ3v) is 4.35. The van der Waals surface area contributed by atoms with E-state index in [0.29, 0.717) is 16.8 Å². The predicted molar refractivity (Wildman–Crippen MR) is 82.0 cm³/mol. The lowest BCUT2D eigenvalue weighted by Crippen LogP contribution is -2.38. The molecule has 1 heterocycles. The number of carbonyl (C=O) groups excluding carboxylic acids is 1. The van der Waals surface area contributed by atoms with Crippen LogP contribution in [0.3, 0.4) is 0 Å². The van der Waals surface area contributed by atoms with Gasteiger partial charge in [0.2, 0.25) is 0 Å². The van der Waals surface area contributed by atoms with Gasteiger partial charge in [-0.1, -0.05) is 6.07 Å². The first kappa shape index (κ1) is 14.9. The number of aliphatic hydroxyl groups is 1. The molecule has 2 aromatic rings. The Morgan fingerprint density at radius 2 is 2.09 bits per heavy atom. The summed E-state index contributed by atoms with van der Waals surface area (Å²) < 4.78 is 13.7. The van der Waals surface area contributed by atoms with Crippen molar-refractivity contribution in [2.24, 2.45) is 5.92 Å². The second-order valence-electron chi connectivity index (χ2n) is 5.90. The van der Waals surface area contributed by atoms with Gasteiger partial charge >= 0.3 is 0 Å². The lowest BCUT2D eigenvalue weighted by Gasteiger charge is -2.28. The smallest absolute Gasteiger partial charge is 0.253 e. The molecule has 1 aliphatic carbocycles. The van der Waals surface area contributed by atoms with E-state index in [1.165, 1.54) is 12.1 Å². The molecule has 0 spiro atoms. The molecule has 0 radical (unpaired) electrons.